The van der Waals surface area contributed by atoms with Gasteiger partial charge in [0.05, 0.1) is 25.3 Å². The van der Waals surface area contributed by atoms with Crippen molar-refractivity contribution in [2.45, 2.75) is 19.4 Å². The van der Waals surface area contributed by atoms with E-state index in [0.717, 1.165) is 11.8 Å². The van der Waals surface area contributed by atoms with Crippen molar-refractivity contribution in [3.05, 3.63) is 35.9 Å². The minimum atomic E-state index is -1.23. The highest BCUT2D eigenvalue weighted by molar-refractivity contribution is 6.02. The molecule has 0 radical (unpaired) electrons. The number of nitrogens with one attached hydrogen (secondary N) is 1. The second kappa shape index (κ2) is 10.1. The molecule has 0 aliphatic heterocycles. The monoisotopic (exact) mass is 317 g/mol. The van der Waals surface area contributed by atoms with Crippen LogP contribution in [0.5, 0.6) is 0 Å². The number of aliphatic imine (C=N–C) groups is 1. The normalized spacial score (nSPS) is 13.1. The van der Waals surface area contributed by atoms with Gasteiger partial charge in [-0.2, -0.15) is 5.26 Å². The van der Waals surface area contributed by atoms with Crippen LogP contribution in [0.15, 0.2) is 35.3 Å². The Morgan fingerprint density at radius 1 is 1.43 bits per heavy atom. The number of carbonyl (C=O) groups excluding carboxylic acids is 2. The molecule has 0 aliphatic carbocycles. The summed E-state index contributed by atoms with van der Waals surface area (Å²) >= 11 is 0. The van der Waals surface area contributed by atoms with Gasteiger partial charge in [-0.3, -0.25) is 15.1 Å². The number of ether oxygens (including phenoxy) is 1. The van der Waals surface area contributed by atoms with Gasteiger partial charge in [-0.1, -0.05) is 30.3 Å². The molecule has 7 nitrogen and oxygen atoms in total. The topological polar surface area (TPSA) is 112 Å². The third-order valence-electron chi connectivity index (χ3n) is 2.89. The van der Waals surface area contributed by atoms with Crippen molar-refractivity contribution in [2.24, 2.45) is 10.9 Å². The second-order valence-electron chi connectivity index (χ2n) is 4.64. The van der Waals surface area contributed by atoms with Gasteiger partial charge >= 0.3 is 6.09 Å². The summed E-state index contributed by atoms with van der Waals surface area (Å²) in [6.45, 7) is 1.50. The standard InChI is InChI=1S/C16H19N3O4/c1-2-23-16(22)19-15(21)13(9-17)10-18-14(11-20)8-12-6-4-3-5-7-12/h3-7,10,13-14,20H,2,8,11H2,1H3,(H,19,21,22)/t13-,14+/m0/s1. The molecule has 0 spiro atoms. The lowest BCUT2D eigenvalue weighted by atomic mass is 10.1. The summed E-state index contributed by atoms with van der Waals surface area (Å²) in [5.74, 6) is -2.05. The van der Waals surface area contributed by atoms with E-state index in [1.807, 2.05) is 35.6 Å². The fourth-order valence-electron chi connectivity index (χ4n) is 1.76. The van der Waals surface area contributed by atoms with E-state index in [-0.39, 0.29) is 13.2 Å². The number of nitrogens with zero attached hydrogens (tertiary/aromatic N) is 2. The van der Waals surface area contributed by atoms with Crippen molar-refractivity contribution in [1.82, 2.24) is 5.32 Å². The predicted molar refractivity (Wildman–Crippen MR) is 83.8 cm³/mol. The molecule has 0 heterocycles. The number of amides is 2. The lowest BCUT2D eigenvalue weighted by molar-refractivity contribution is -0.121. The van der Waals surface area contributed by atoms with Gasteiger partial charge < -0.3 is 9.84 Å². The lowest BCUT2D eigenvalue weighted by Gasteiger charge is -2.10. The smallest absolute Gasteiger partial charge is 0.413 e. The first-order chi connectivity index (χ1) is 11.1. The molecule has 2 N–H and O–H groups in total. The highest BCUT2D eigenvalue weighted by atomic mass is 16.5. The fraction of sp³-hybridized carbons (Fsp3) is 0.375. The van der Waals surface area contributed by atoms with Gasteiger partial charge in [0.1, 0.15) is 0 Å². The van der Waals surface area contributed by atoms with Crippen LogP contribution in [-0.2, 0) is 16.0 Å². The summed E-state index contributed by atoms with van der Waals surface area (Å²) in [4.78, 5) is 27.0. The summed E-state index contributed by atoms with van der Waals surface area (Å²) in [6, 6.07) is 10.7. The van der Waals surface area contributed by atoms with Crippen molar-refractivity contribution >= 4 is 18.2 Å². The third kappa shape index (κ3) is 6.72. The molecule has 0 bridgehead atoms. The SMILES string of the molecule is CCOC(=O)NC(=O)[C@@H](C#N)C=N[C@@H](CO)Cc1ccccc1. The van der Waals surface area contributed by atoms with E-state index in [1.165, 1.54) is 0 Å². The quantitative estimate of drug-likeness (QED) is 0.731. The zero-order chi connectivity index (χ0) is 17.1. The van der Waals surface area contributed by atoms with E-state index in [2.05, 4.69) is 9.73 Å². The van der Waals surface area contributed by atoms with E-state index in [1.54, 1.807) is 13.0 Å². The molecule has 2 atom stereocenters. The van der Waals surface area contributed by atoms with Crippen molar-refractivity contribution in [3.8, 4) is 6.07 Å². The van der Waals surface area contributed by atoms with E-state index in [4.69, 9.17) is 5.26 Å². The van der Waals surface area contributed by atoms with Gasteiger partial charge in [-0.05, 0) is 18.9 Å². The van der Waals surface area contributed by atoms with Crippen LogP contribution < -0.4 is 5.32 Å². The number of aliphatic hydroxyl groups is 1. The van der Waals surface area contributed by atoms with E-state index in [9.17, 15) is 14.7 Å². The maximum Gasteiger partial charge on any atom is 0.413 e. The summed E-state index contributed by atoms with van der Waals surface area (Å²) < 4.78 is 4.57. The zero-order valence-corrected chi connectivity index (χ0v) is 12.8. The Bertz CT molecular complexity index is 581. The fourth-order valence-corrected chi connectivity index (χ4v) is 1.76. The maximum absolute atomic E-state index is 11.7. The number of hydrogen-bond donors (Lipinski definition) is 2. The lowest BCUT2D eigenvalue weighted by Crippen LogP contribution is -2.36. The van der Waals surface area contributed by atoms with Crippen molar-refractivity contribution in [1.29, 1.82) is 5.26 Å². The molecule has 0 aromatic heterocycles. The molecule has 0 saturated carbocycles. The van der Waals surface area contributed by atoms with Crippen LogP contribution in [0.1, 0.15) is 12.5 Å². The van der Waals surface area contributed by atoms with Gasteiger partial charge in [0.2, 0.25) is 0 Å². The Labute approximate surface area is 134 Å². The zero-order valence-electron chi connectivity index (χ0n) is 12.8. The van der Waals surface area contributed by atoms with Gasteiger partial charge in [-0.25, -0.2) is 4.79 Å². The second-order valence-corrected chi connectivity index (χ2v) is 4.64. The van der Waals surface area contributed by atoms with Gasteiger partial charge in [0.25, 0.3) is 5.91 Å². The number of imide groups is 1. The van der Waals surface area contributed by atoms with Crippen molar-refractivity contribution < 1.29 is 19.4 Å². The first kappa shape index (κ1) is 18.3. The van der Waals surface area contributed by atoms with Crippen LogP contribution in [0.25, 0.3) is 0 Å². The molecular weight excluding hydrogens is 298 g/mol. The first-order valence-corrected chi connectivity index (χ1v) is 7.16. The van der Waals surface area contributed by atoms with Crippen LogP contribution in [0.4, 0.5) is 4.79 Å². The molecule has 1 aromatic rings. The number of aliphatic hydroxyl groups excluding tert-OH is 1. The predicted octanol–water partition coefficient (Wildman–Crippen LogP) is 1.07. The minimum Gasteiger partial charge on any atom is -0.450 e. The number of benzene rings is 1. The minimum absolute atomic E-state index is 0.119. The molecule has 1 rings (SSSR count). The molecule has 0 unspecified atom stereocenters. The molecule has 122 valence electrons. The van der Waals surface area contributed by atoms with Crippen LogP contribution in [0.2, 0.25) is 0 Å². The number of rotatable bonds is 7. The molecule has 0 saturated heterocycles. The molecular formula is C16H19N3O4. The molecule has 0 fully saturated rings. The first-order valence-electron chi connectivity index (χ1n) is 7.16. The summed E-state index contributed by atoms with van der Waals surface area (Å²) in [6.07, 6.45) is 0.707. The van der Waals surface area contributed by atoms with Crippen LogP contribution in [0.3, 0.4) is 0 Å². The molecule has 0 aliphatic rings. The summed E-state index contributed by atoms with van der Waals surface area (Å²) in [7, 11) is 0. The molecule has 1 aromatic carbocycles. The largest absolute Gasteiger partial charge is 0.450 e. The summed E-state index contributed by atoms with van der Waals surface area (Å²) in [5, 5.41) is 20.3. The molecule has 23 heavy (non-hydrogen) atoms. The van der Waals surface area contributed by atoms with Crippen LogP contribution >= 0.6 is 0 Å². The van der Waals surface area contributed by atoms with Crippen molar-refractivity contribution in [3.63, 3.8) is 0 Å². The van der Waals surface area contributed by atoms with Gasteiger partial charge in [-0.15, -0.1) is 0 Å². The number of hydrogen-bond acceptors (Lipinski definition) is 6. The van der Waals surface area contributed by atoms with Crippen molar-refractivity contribution in [2.75, 3.05) is 13.2 Å². The van der Waals surface area contributed by atoms with E-state index in [0.29, 0.717) is 6.42 Å². The van der Waals surface area contributed by atoms with Crippen LogP contribution in [0, 0.1) is 17.2 Å². The van der Waals surface area contributed by atoms with Gasteiger partial charge in [0, 0.05) is 6.21 Å². The summed E-state index contributed by atoms with van der Waals surface area (Å²) in [5.41, 5.74) is 0.980. The number of nitriles is 1. The average Bonchev–Trinajstić information content (AvgIpc) is 2.55. The Kier molecular flexibility index (Phi) is 8.03. The van der Waals surface area contributed by atoms with E-state index >= 15 is 0 Å². The molecule has 2 amide bonds. The maximum atomic E-state index is 11.7. The number of alkyl carbamates (subject to hydrolysis) is 1. The van der Waals surface area contributed by atoms with E-state index < -0.39 is 24.0 Å². The Balaban J connectivity index is 2.64. The highest BCUT2D eigenvalue weighted by Crippen LogP contribution is 2.06. The van der Waals surface area contributed by atoms with Crippen LogP contribution in [-0.4, -0.2) is 42.6 Å². The highest BCUT2D eigenvalue weighted by Gasteiger charge is 2.19. The Morgan fingerprint density at radius 2 is 2.13 bits per heavy atom. The average molecular weight is 317 g/mol. The number of carbonyl (C=O) groups is 2. The van der Waals surface area contributed by atoms with Gasteiger partial charge in [0.15, 0.2) is 5.92 Å². The Morgan fingerprint density at radius 3 is 2.70 bits per heavy atom. The third-order valence-corrected chi connectivity index (χ3v) is 2.89. The molecule has 7 heteroatoms. The Hall–Kier alpha value is -2.72.